The molecule has 2 rings (SSSR count). The summed E-state index contributed by atoms with van der Waals surface area (Å²) < 4.78 is 5.15. The smallest absolute Gasteiger partial charge is 0.311 e. The minimum atomic E-state index is -0.853. The van der Waals surface area contributed by atoms with E-state index in [-0.39, 0.29) is 12.6 Å². The topological polar surface area (TPSA) is 82.3 Å². The van der Waals surface area contributed by atoms with Gasteiger partial charge in [-0.15, -0.1) is 0 Å². The van der Waals surface area contributed by atoms with Crippen molar-refractivity contribution in [2.24, 2.45) is 5.92 Å². The third kappa shape index (κ3) is 2.55. The van der Waals surface area contributed by atoms with Crippen molar-refractivity contribution in [3.63, 3.8) is 0 Å². The summed E-state index contributed by atoms with van der Waals surface area (Å²) in [5.41, 5.74) is 1.37. The average molecular weight is 232 g/mol. The fourth-order valence-electron chi connectivity index (χ4n) is 1.80. The molecule has 1 aromatic rings. The van der Waals surface area contributed by atoms with Crippen LogP contribution in [0.15, 0.2) is 24.3 Å². The summed E-state index contributed by atoms with van der Waals surface area (Å²) in [6, 6.07) is 8.70. The fraction of sp³-hybridized carbons (Fsp3) is 0.333. The number of benzene rings is 1. The number of hydrogen-bond acceptors (Lipinski definition) is 4. The van der Waals surface area contributed by atoms with Crippen molar-refractivity contribution in [3.05, 3.63) is 29.8 Å². The van der Waals surface area contributed by atoms with E-state index in [4.69, 9.17) is 15.1 Å². The molecule has 0 amide bonds. The van der Waals surface area contributed by atoms with Crippen LogP contribution in [0.2, 0.25) is 0 Å². The first-order valence-corrected chi connectivity index (χ1v) is 5.28. The molecule has 0 bridgehead atoms. The van der Waals surface area contributed by atoms with Gasteiger partial charge in [0.2, 0.25) is 0 Å². The maximum absolute atomic E-state index is 10.9. The van der Waals surface area contributed by atoms with E-state index < -0.39 is 11.9 Å². The van der Waals surface area contributed by atoms with E-state index in [1.807, 2.05) is 6.07 Å². The molecule has 1 aromatic carbocycles. The highest BCUT2D eigenvalue weighted by molar-refractivity contribution is 5.72. The SMILES string of the molecule is N#Cc1ccc(NC2COCC2C(=O)O)cc1. The summed E-state index contributed by atoms with van der Waals surface area (Å²) >= 11 is 0. The summed E-state index contributed by atoms with van der Waals surface area (Å²) in [6.45, 7) is 0.625. The molecular weight excluding hydrogens is 220 g/mol. The molecule has 5 heteroatoms. The lowest BCUT2D eigenvalue weighted by molar-refractivity contribution is -0.141. The van der Waals surface area contributed by atoms with Crippen molar-refractivity contribution in [2.45, 2.75) is 6.04 Å². The fourth-order valence-corrected chi connectivity index (χ4v) is 1.80. The van der Waals surface area contributed by atoms with Gasteiger partial charge in [-0.25, -0.2) is 0 Å². The largest absolute Gasteiger partial charge is 0.481 e. The molecule has 88 valence electrons. The molecule has 0 aliphatic carbocycles. The van der Waals surface area contributed by atoms with Crippen LogP contribution in [-0.2, 0) is 9.53 Å². The van der Waals surface area contributed by atoms with E-state index in [1.165, 1.54) is 0 Å². The number of carboxylic acid groups (broad SMARTS) is 1. The molecule has 0 radical (unpaired) electrons. The van der Waals surface area contributed by atoms with E-state index in [0.717, 1.165) is 5.69 Å². The number of nitriles is 1. The first kappa shape index (κ1) is 11.4. The monoisotopic (exact) mass is 232 g/mol. The van der Waals surface area contributed by atoms with Crippen molar-refractivity contribution in [1.29, 1.82) is 5.26 Å². The second-order valence-corrected chi connectivity index (χ2v) is 3.92. The van der Waals surface area contributed by atoms with Gasteiger partial charge in [-0.2, -0.15) is 5.26 Å². The van der Waals surface area contributed by atoms with E-state index in [2.05, 4.69) is 5.32 Å². The molecule has 0 spiro atoms. The lowest BCUT2D eigenvalue weighted by Gasteiger charge is -2.16. The van der Waals surface area contributed by atoms with Crippen LogP contribution in [0.1, 0.15) is 5.56 Å². The van der Waals surface area contributed by atoms with Crippen LogP contribution in [0.4, 0.5) is 5.69 Å². The lowest BCUT2D eigenvalue weighted by Crippen LogP contribution is -2.33. The molecule has 1 aliphatic heterocycles. The second kappa shape index (κ2) is 4.85. The molecule has 2 N–H and O–H groups in total. The van der Waals surface area contributed by atoms with Gasteiger partial charge < -0.3 is 15.2 Å². The number of carboxylic acids is 1. The maximum Gasteiger partial charge on any atom is 0.311 e. The average Bonchev–Trinajstić information content (AvgIpc) is 2.78. The summed E-state index contributed by atoms with van der Waals surface area (Å²) in [5.74, 6) is -1.38. The maximum atomic E-state index is 10.9. The van der Waals surface area contributed by atoms with Gasteiger partial charge in [-0.1, -0.05) is 0 Å². The third-order valence-electron chi connectivity index (χ3n) is 2.76. The van der Waals surface area contributed by atoms with Crippen LogP contribution in [0.5, 0.6) is 0 Å². The van der Waals surface area contributed by atoms with Gasteiger partial charge in [0.15, 0.2) is 0 Å². The predicted octanol–water partition coefficient (Wildman–Crippen LogP) is 1.07. The van der Waals surface area contributed by atoms with Crippen LogP contribution in [0.25, 0.3) is 0 Å². The van der Waals surface area contributed by atoms with Crippen molar-refractivity contribution >= 4 is 11.7 Å². The Hall–Kier alpha value is -2.06. The molecule has 1 heterocycles. The first-order chi connectivity index (χ1) is 8.20. The number of carbonyl (C=O) groups is 1. The zero-order chi connectivity index (χ0) is 12.3. The van der Waals surface area contributed by atoms with Crippen molar-refractivity contribution < 1.29 is 14.6 Å². The van der Waals surface area contributed by atoms with Gasteiger partial charge in [0.25, 0.3) is 0 Å². The molecule has 0 saturated carbocycles. The quantitative estimate of drug-likeness (QED) is 0.814. The molecule has 2 unspecified atom stereocenters. The standard InChI is InChI=1S/C12H12N2O3/c13-5-8-1-3-9(4-2-8)14-11-7-17-6-10(11)12(15)16/h1-4,10-11,14H,6-7H2,(H,15,16). The van der Waals surface area contributed by atoms with Crippen molar-refractivity contribution in [3.8, 4) is 6.07 Å². The minimum Gasteiger partial charge on any atom is -0.481 e. The molecule has 1 saturated heterocycles. The summed E-state index contributed by atoms with van der Waals surface area (Å²) in [5, 5.41) is 20.7. The normalized spacial score (nSPS) is 23.0. The van der Waals surface area contributed by atoms with E-state index >= 15 is 0 Å². The number of nitrogens with one attached hydrogen (secondary N) is 1. The zero-order valence-electron chi connectivity index (χ0n) is 9.09. The Labute approximate surface area is 98.6 Å². The molecule has 0 aromatic heterocycles. The number of anilines is 1. The molecule has 1 fully saturated rings. The van der Waals surface area contributed by atoms with Gasteiger partial charge >= 0.3 is 5.97 Å². The van der Waals surface area contributed by atoms with Gasteiger partial charge in [0.05, 0.1) is 30.9 Å². The minimum absolute atomic E-state index is 0.222. The highest BCUT2D eigenvalue weighted by Gasteiger charge is 2.33. The van der Waals surface area contributed by atoms with Crippen molar-refractivity contribution in [1.82, 2.24) is 0 Å². The third-order valence-corrected chi connectivity index (χ3v) is 2.76. The molecular formula is C12H12N2O3. The molecule has 17 heavy (non-hydrogen) atoms. The number of rotatable bonds is 3. The van der Waals surface area contributed by atoms with E-state index in [0.29, 0.717) is 12.2 Å². The van der Waals surface area contributed by atoms with Gasteiger partial charge in [0.1, 0.15) is 5.92 Å². The van der Waals surface area contributed by atoms with Crippen LogP contribution in [0.3, 0.4) is 0 Å². The summed E-state index contributed by atoms with van der Waals surface area (Å²) in [6.07, 6.45) is 0. The van der Waals surface area contributed by atoms with E-state index in [9.17, 15) is 4.79 Å². The first-order valence-electron chi connectivity index (χ1n) is 5.28. The van der Waals surface area contributed by atoms with E-state index in [1.54, 1.807) is 24.3 Å². The summed E-state index contributed by atoms with van der Waals surface area (Å²) in [4.78, 5) is 10.9. The Morgan fingerprint density at radius 1 is 1.41 bits per heavy atom. The number of aliphatic carboxylic acids is 1. The van der Waals surface area contributed by atoms with Gasteiger partial charge in [0, 0.05) is 5.69 Å². The molecule has 1 aliphatic rings. The van der Waals surface area contributed by atoms with Crippen LogP contribution >= 0.6 is 0 Å². The molecule has 5 nitrogen and oxygen atoms in total. The Balaban J connectivity index is 2.05. The Morgan fingerprint density at radius 3 is 2.71 bits per heavy atom. The second-order valence-electron chi connectivity index (χ2n) is 3.92. The highest BCUT2D eigenvalue weighted by Crippen LogP contribution is 2.19. The number of nitrogens with zero attached hydrogens (tertiary/aromatic N) is 1. The number of ether oxygens (including phenoxy) is 1. The van der Waals surface area contributed by atoms with Gasteiger partial charge in [-0.05, 0) is 24.3 Å². The van der Waals surface area contributed by atoms with Crippen molar-refractivity contribution in [2.75, 3.05) is 18.5 Å². The van der Waals surface area contributed by atoms with Crippen LogP contribution < -0.4 is 5.32 Å². The Bertz CT molecular complexity index is 450. The van der Waals surface area contributed by atoms with Crippen LogP contribution in [-0.4, -0.2) is 30.3 Å². The lowest BCUT2D eigenvalue weighted by atomic mass is 10.0. The zero-order valence-corrected chi connectivity index (χ0v) is 9.09. The molecule has 2 atom stereocenters. The Kier molecular flexibility index (Phi) is 3.26. The summed E-state index contributed by atoms with van der Waals surface area (Å²) in [7, 11) is 0. The highest BCUT2D eigenvalue weighted by atomic mass is 16.5. The predicted molar refractivity (Wildman–Crippen MR) is 60.5 cm³/mol. The van der Waals surface area contributed by atoms with Gasteiger partial charge in [-0.3, -0.25) is 4.79 Å². The van der Waals surface area contributed by atoms with Crippen LogP contribution in [0, 0.1) is 17.2 Å². The Morgan fingerprint density at radius 2 is 2.12 bits per heavy atom. The number of hydrogen-bond donors (Lipinski definition) is 2.